The fourth-order valence-electron chi connectivity index (χ4n) is 4.38. The van der Waals surface area contributed by atoms with Gasteiger partial charge in [0, 0.05) is 24.5 Å². The number of amides is 1. The molecule has 1 N–H and O–H groups in total. The summed E-state index contributed by atoms with van der Waals surface area (Å²) in [4.78, 5) is 26.8. The van der Waals surface area contributed by atoms with E-state index in [2.05, 4.69) is 15.6 Å². The van der Waals surface area contributed by atoms with Crippen molar-refractivity contribution in [1.29, 1.82) is 0 Å². The first-order chi connectivity index (χ1) is 17.4. The molecule has 4 heterocycles. The predicted molar refractivity (Wildman–Crippen MR) is 135 cm³/mol. The van der Waals surface area contributed by atoms with Crippen LogP contribution in [0.1, 0.15) is 35.7 Å². The fourth-order valence-corrected chi connectivity index (χ4v) is 4.38. The second-order valence-corrected chi connectivity index (χ2v) is 8.74. The van der Waals surface area contributed by atoms with E-state index < -0.39 is 6.04 Å². The molecule has 5 aromatic rings. The molecule has 10 heteroatoms. The Kier molecular flexibility index (Phi) is 6.01. The Hall–Kier alpha value is -4.47. The van der Waals surface area contributed by atoms with Crippen LogP contribution in [0, 0.1) is 20.8 Å². The van der Waals surface area contributed by atoms with Gasteiger partial charge in [0.15, 0.2) is 5.82 Å². The molecule has 184 valence electrons. The van der Waals surface area contributed by atoms with E-state index >= 15 is 0 Å². The molecule has 0 saturated heterocycles. The minimum atomic E-state index is -0.817. The Morgan fingerprint density at radius 2 is 1.75 bits per heavy atom. The molecule has 5 rings (SSSR count). The molecule has 10 nitrogen and oxygen atoms in total. The van der Waals surface area contributed by atoms with E-state index in [1.165, 1.54) is 4.68 Å². The normalized spacial score (nSPS) is 12.2. The molecule has 0 fully saturated rings. The van der Waals surface area contributed by atoms with E-state index in [9.17, 15) is 9.59 Å². The van der Waals surface area contributed by atoms with Gasteiger partial charge < -0.3 is 14.4 Å². The number of nitrogens with zero attached hydrogens (tertiary/aromatic N) is 6. The van der Waals surface area contributed by atoms with Gasteiger partial charge >= 0.3 is 0 Å². The van der Waals surface area contributed by atoms with Crippen LogP contribution < -0.4 is 10.9 Å². The third-order valence-electron chi connectivity index (χ3n) is 6.33. The zero-order valence-electron chi connectivity index (χ0n) is 20.6. The number of para-hydroxylation sites is 1. The highest BCUT2D eigenvalue weighted by Crippen LogP contribution is 2.25. The van der Waals surface area contributed by atoms with Gasteiger partial charge in [0.1, 0.15) is 22.7 Å². The Balaban J connectivity index is 1.53. The van der Waals surface area contributed by atoms with Crippen LogP contribution in [0.2, 0.25) is 0 Å². The highest BCUT2D eigenvalue weighted by molar-refractivity contribution is 5.88. The predicted octanol–water partition coefficient (Wildman–Crippen LogP) is 3.21. The number of hydrogen-bond acceptors (Lipinski definition) is 6. The van der Waals surface area contributed by atoms with Crippen molar-refractivity contribution < 1.29 is 9.32 Å². The largest absolute Gasteiger partial charge is 0.361 e. The molecule has 0 aliphatic heterocycles. The van der Waals surface area contributed by atoms with Crippen LogP contribution in [-0.2, 0) is 11.2 Å². The van der Waals surface area contributed by atoms with Crippen molar-refractivity contribution in [2.24, 2.45) is 0 Å². The lowest BCUT2D eigenvalue weighted by molar-refractivity contribution is -0.124. The van der Waals surface area contributed by atoms with Crippen molar-refractivity contribution >= 4 is 16.8 Å². The van der Waals surface area contributed by atoms with Gasteiger partial charge in [-0.2, -0.15) is 10.2 Å². The number of carbonyl (C=O) groups is 1. The zero-order chi connectivity index (χ0) is 25.4. The summed E-state index contributed by atoms with van der Waals surface area (Å²) in [6, 6.07) is 12.6. The summed E-state index contributed by atoms with van der Waals surface area (Å²) < 4.78 is 10.0. The molecule has 1 aromatic carbocycles. The third kappa shape index (κ3) is 4.00. The number of benzene rings is 1. The van der Waals surface area contributed by atoms with Gasteiger partial charge in [-0.3, -0.25) is 9.59 Å². The molecule has 0 aliphatic carbocycles. The molecule has 1 amide bonds. The number of nitrogens with one attached hydrogen (secondary N) is 1. The van der Waals surface area contributed by atoms with Crippen molar-refractivity contribution in [3.63, 3.8) is 0 Å². The van der Waals surface area contributed by atoms with Gasteiger partial charge in [-0.15, -0.1) is 0 Å². The SMILES string of the molecule is Cc1noc(C)c1CCNC(=O)C(C)n1nc(C)c2nn(-c3ccccc3)c(-n3cccc3)c2c1=O. The Morgan fingerprint density at radius 1 is 1.03 bits per heavy atom. The topological polar surface area (TPSA) is 113 Å². The first-order valence-electron chi connectivity index (χ1n) is 11.8. The van der Waals surface area contributed by atoms with Gasteiger partial charge in [0.25, 0.3) is 5.56 Å². The van der Waals surface area contributed by atoms with Gasteiger partial charge in [-0.25, -0.2) is 9.36 Å². The lowest BCUT2D eigenvalue weighted by Gasteiger charge is -2.15. The Morgan fingerprint density at radius 3 is 2.42 bits per heavy atom. The van der Waals surface area contributed by atoms with Crippen LogP contribution in [0.25, 0.3) is 22.4 Å². The molecule has 4 aromatic heterocycles. The lowest BCUT2D eigenvalue weighted by atomic mass is 10.1. The quantitative estimate of drug-likeness (QED) is 0.379. The third-order valence-corrected chi connectivity index (χ3v) is 6.33. The number of carbonyl (C=O) groups excluding carboxylic acids is 1. The van der Waals surface area contributed by atoms with Crippen LogP contribution in [0.3, 0.4) is 0 Å². The zero-order valence-corrected chi connectivity index (χ0v) is 20.6. The van der Waals surface area contributed by atoms with Gasteiger partial charge in [-0.1, -0.05) is 23.4 Å². The number of fused-ring (bicyclic) bond motifs is 1. The van der Waals surface area contributed by atoms with E-state index in [4.69, 9.17) is 9.62 Å². The molecular formula is C26H27N7O3. The number of rotatable bonds is 7. The maximum Gasteiger partial charge on any atom is 0.280 e. The summed E-state index contributed by atoms with van der Waals surface area (Å²) in [5.41, 5.74) is 3.27. The minimum Gasteiger partial charge on any atom is -0.361 e. The second kappa shape index (κ2) is 9.29. The molecule has 0 saturated carbocycles. The Bertz CT molecular complexity index is 1570. The second-order valence-electron chi connectivity index (χ2n) is 8.74. The van der Waals surface area contributed by atoms with E-state index in [-0.39, 0.29) is 11.5 Å². The van der Waals surface area contributed by atoms with Gasteiger partial charge in [0.2, 0.25) is 5.91 Å². The van der Waals surface area contributed by atoms with Crippen LogP contribution in [-0.4, -0.2) is 41.7 Å². The first kappa shape index (κ1) is 23.3. The minimum absolute atomic E-state index is 0.298. The van der Waals surface area contributed by atoms with Crippen LogP contribution in [0.5, 0.6) is 0 Å². The fraction of sp³-hybridized carbons (Fsp3) is 0.269. The van der Waals surface area contributed by atoms with Crippen molar-refractivity contribution in [2.45, 2.75) is 40.2 Å². The number of hydrogen-bond donors (Lipinski definition) is 1. The molecule has 1 atom stereocenters. The molecule has 36 heavy (non-hydrogen) atoms. The summed E-state index contributed by atoms with van der Waals surface area (Å²) in [7, 11) is 0. The summed E-state index contributed by atoms with van der Waals surface area (Å²) in [6.07, 6.45) is 4.31. The summed E-state index contributed by atoms with van der Waals surface area (Å²) in [5, 5.41) is 16.5. The molecule has 0 bridgehead atoms. The van der Waals surface area contributed by atoms with Crippen molar-refractivity contribution in [3.05, 3.63) is 87.9 Å². The standard InChI is InChI=1S/C26H27N7O3/c1-16-21(19(4)36-30-16)12-13-27-24(34)18(3)32-26(35)22-23(17(2)28-32)29-33(20-10-6-5-7-11-20)25(22)31-14-8-9-15-31/h5-11,14-15,18H,12-13H2,1-4H3,(H,27,34). The smallest absolute Gasteiger partial charge is 0.280 e. The van der Waals surface area contributed by atoms with Crippen LogP contribution >= 0.6 is 0 Å². The van der Waals surface area contributed by atoms with E-state index in [0.29, 0.717) is 35.4 Å². The van der Waals surface area contributed by atoms with Crippen LogP contribution in [0.15, 0.2) is 64.2 Å². The molecular weight excluding hydrogens is 458 g/mol. The average molecular weight is 486 g/mol. The van der Waals surface area contributed by atoms with Crippen LogP contribution in [0.4, 0.5) is 0 Å². The van der Waals surface area contributed by atoms with Crippen molar-refractivity contribution in [2.75, 3.05) is 6.54 Å². The van der Waals surface area contributed by atoms with E-state index in [1.807, 2.05) is 73.3 Å². The first-order valence-corrected chi connectivity index (χ1v) is 11.8. The lowest BCUT2D eigenvalue weighted by Crippen LogP contribution is -2.38. The van der Waals surface area contributed by atoms with Crippen molar-refractivity contribution in [1.82, 2.24) is 34.6 Å². The monoisotopic (exact) mass is 485 g/mol. The molecule has 0 aliphatic rings. The Labute approximate surface area is 207 Å². The summed E-state index contributed by atoms with van der Waals surface area (Å²) >= 11 is 0. The maximum atomic E-state index is 13.8. The summed E-state index contributed by atoms with van der Waals surface area (Å²) in [6.45, 7) is 7.57. The van der Waals surface area contributed by atoms with Crippen molar-refractivity contribution in [3.8, 4) is 11.5 Å². The maximum absolute atomic E-state index is 13.8. The van der Waals surface area contributed by atoms with E-state index in [0.717, 1.165) is 22.7 Å². The summed E-state index contributed by atoms with van der Waals surface area (Å²) in [5.74, 6) is 1.03. The number of aromatic nitrogens is 6. The number of aryl methyl sites for hydroxylation is 3. The van der Waals surface area contributed by atoms with Gasteiger partial charge in [0.05, 0.1) is 17.1 Å². The average Bonchev–Trinajstić information content (AvgIpc) is 3.61. The molecule has 0 radical (unpaired) electrons. The van der Waals surface area contributed by atoms with Gasteiger partial charge in [-0.05, 0) is 58.4 Å². The molecule has 1 unspecified atom stereocenters. The highest BCUT2D eigenvalue weighted by atomic mass is 16.5. The molecule has 0 spiro atoms. The highest BCUT2D eigenvalue weighted by Gasteiger charge is 2.25. The van der Waals surface area contributed by atoms with E-state index in [1.54, 1.807) is 18.5 Å².